The van der Waals surface area contributed by atoms with Gasteiger partial charge in [0.1, 0.15) is 4.90 Å². The summed E-state index contributed by atoms with van der Waals surface area (Å²) in [7, 11) is -2.00. The van der Waals surface area contributed by atoms with Crippen LogP contribution in [0.5, 0.6) is 0 Å². The summed E-state index contributed by atoms with van der Waals surface area (Å²) >= 11 is 9.28. The molecule has 0 aliphatic heterocycles. The van der Waals surface area contributed by atoms with Gasteiger partial charge in [-0.15, -0.1) is 0 Å². The van der Waals surface area contributed by atoms with Gasteiger partial charge in [-0.05, 0) is 38.5 Å². The van der Waals surface area contributed by atoms with E-state index in [2.05, 4.69) is 15.9 Å². The average Bonchev–Trinajstić information content (AvgIpc) is 2.27. The highest BCUT2D eigenvalue weighted by Gasteiger charge is 2.33. The molecular weight excluding hydrogens is 338 g/mol. The van der Waals surface area contributed by atoms with E-state index in [9.17, 15) is 8.42 Å². The molecule has 0 bridgehead atoms. The topological polar surface area (TPSA) is 37.4 Å². The van der Waals surface area contributed by atoms with Gasteiger partial charge < -0.3 is 0 Å². The first-order valence-corrected chi connectivity index (χ1v) is 8.18. The van der Waals surface area contributed by atoms with E-state index >= 15 is 0 Å². The van der Waals surface area contributed by atoms with E-state index in [1.54, 1.807) is 19.2 Å². The molecule has 6 heteroatoms. The lowest BCUT2D eigenvalue weighted by atomic mass is 10.0. The lowest BCUT2D eigenvalue weighted by Crippen LogP contribution is -2.44. The fraction of sp³-hybridized carbons (Fsp3) is 0.500. The van der Waals surface area contributed by atoms with Gasteiger partial charge in [0.15, 0.2) is 0 Å². The fourth-order valence-corrected chi connectivity index (χ4v) is 3.97. The maximum atomic E-state index is 12.5. The lowest BCUT2D eigenvalue weighted by molar-refractivity contribution is 0.257. The van der Waals surface area contributed by atoms with Crippen molar-refractivity contribution >= 4 is 37.6 Å². The van der Waals surface area contributed by atoms with E-state index in [-0.39, 0.29) is 9.92 Å². The van der Waals surface area contributed by atoms with Crippen molar-refractivity contribution in [2.75, 3.05) is 7.05 Å². The van der Waals surface area contributed by atoms with Crippen molar-refractivity contribution in [2.45, 2.75) is 37.6 Å². The van der Waals surface area contributed by atoms with E-state index in [0.29, 0.717) is 0 Å². The molecule has 0 radical (unpaired) electrons. The number of rotatable bonds is 4. The first-order chi connectivity index (χ1) is 8.13. The highest BCUT2D eigenvalue weighted by molar-refractivity contribution is 9.10. The smallest absolute Gasteiger partial charge is 0.207 e. The van der Waals surface area contributed by atoms with E-state index < -0.39 is 15.6 Å². The molecule has 0 aliphatic rings. The van der Waals surface area contributed by atoms with Crippen LogP contribution < -0.4 is 0 Å². The van der Waals surface area contributed by atoms with Gasteiger partial charge in [-0.1, -0.05) is 34.5 Å². The Morgan fingerprint density at radius 1 is 1.39 bits per heavy atom. The van der Waals surface area contributed by atoms with Crippen LogP contribution in [0.4, 0.5) is 0 Å². The molecule has 0 saturated carbocycles. The molecule has 102 valence electrons. The minimum Gasteiger partial charge on any atom is -0.207 e. The third kappa shape index (κ3) is 3.07. The summed E-state index contributed by atoms with van der Waals surface area (Å²) in [6, 6.07) is 4.77. The maximum Gasteiger partial charge on any atom is 0.244 e. The molecular formula is C12H17BrClNO2S. The summed E-state index contributed by atoms with van der Waals surface area (Å²) in [6.07, 6.45) is 0.719. The molecule has 0 N–H and O–H groups in total. The number of hydrogen-bond donors (Lipinski definition) is 0. The molecule has 0 aliphatic carbocycles. The van der Waals surface area contributed by atoms with Crippen LogP contribution in [-0.2, 0) is 10.0 Å². The lowest BCUT2D eigenvalue weighted by Gasteiger charge is -2.33. The first-order valence-electron chi connectivity index (χ1n) is 5.57. The Hall–Kier alpha value is -0.100. The van der Waals surface area contributed by atoms with E-state index in [1.165, 1.54) is 10.4 Å². The number of halogens is 2. The average molecular weight is 355 g/mol. The Bertz CT molecular complexity index is 543. The molecule has 0 unspecified atom stereocenters. The van der Waals surface area contributed by atoms with Crippen molar-refractivity contribution in [3.63, 3.8) is 0 Å². The van der Waals surface area contributed by atoms with Gasteiger partial charge in [0.25, 0.3) is 0 Å². The summed E-state index contributed by atoms with van der Waals surface area (Å²) in [5, 5.41) is 0.225. The second-order valence-electron chi connectivity index (χ2n) is 4.71. The molecule has 0 atom stereocenters. The summed E-state index contributed by atoms with van der Waals surface area (Å²) < 4.78 is 27.1. The SMILES string of the molecule is CCC(C)(C)N(C)S(=O)(=O)c1ccc(Br)cc1Cl. The second-order valence-corrected chi connectivity index (χ2v) is 7.97. The Labute approximate surface area is 122 Å². The minimum atomic E-state index is -3.58. The first kappa shape index (κ1) is 16.0. The highest BCUT2D eigenvalue weighted by atomic mass is 79.9. The molecule has 18 heavy (non-hydrogen) atoms. The molecule has 1 aromatic carbocycles. The summed E-state index contributed by atoms with van der Waals surface area (Å²) in [5.41, 5.74) is -0.449. The third-order valence-electron chi connectivity index (χ3n) is 3.25. The van der Waals surface area contributed by atoms with Gasteiger partial charge in [0.2, 0.25) is 10.0 Å². The van der Waals surface area contributed by atoms with Crippen molar-refractivity contribution in [3.05, 3.63) is 27.7 Å². The largest absolute Gasteiger partial charge is 0.244 e. The zero-order valence-corrected chi connectivity index (χ0v) is 14.0. The van der Waals surface area contributed by atoms with Gasteiger partial charge in [0, 0.05) is 17.1 Å². The normalized spacial score (nSPS) is 13.1. The number of benzene rings is 1. The summed E-state index contributed by atoms with van der Waals surface area (Å²) in [6.45, 7) is 5.73. The van der Waals surface area contributed by atoms with E-state index in [4.69, 9.17) is 11.6 Å². The van der Waals surface area contributed by atoms with Gasteiger partial charge in [-0.2, -0.15) is 4.31 Å². The second kappa shape index (κ2) is 5.49. The van der Waals surface area contributed by atoms with Gasteiger partial charge in [-0.25, -0.2) is 8.42 Å². The molecule has 1 rings (SSSR count). The third-order valence-corrected chi connectivity index (χ3v) is 6.30. The molecule has 0 heterocycles. The van der Waals surface area contributed by atoms with Crippen LogP contribution >= 0.6 is 27.5 Å². The highest BCUT2D eigenvalue weighted by Crippen LogP contribution is 2.31. The quantitative estimate of drug-likeness (QED) is 0.822. The number of hydrogen-bond acceptors (Lipinski definition) is 2. The minimum absolute atomic E-state index is 0.136. The van der Waals surface area contributed by atoms with Gasteiger partial charge in [0.05, 0.1) is 5.02 Å². The van der Waals surface area contributed by atoms with Crippen molar-refractivity contribution in [1.82, 2.24) is 4.31 Å². The monoisotopic (exact) mass is 353 g/mol. The predicted molar refractivity (Wildman–Crippen MR) is 78.5 cm³/mol. The van der Waals surface area contributed by atoms with Crippen LogP contribution in [0.2, 0.25) is 5.02 Å². The Balaban J connectivity index is 3.30. The van der Waals surface area contributed by atoms with Crippen LogP contribution in [0.15, 0.2) is 27.6 Å². The van der Waals surface area contributed by atoms with E-state index in [0.717, 1.165) is 10.9 Å². The fourth-order valence-electron chi connectivity index (χ4n) is 1.38. The Morgan fingerprint density at radius 3 is 2.39 bits per heavy atom. The van der Waals surface area contributed by atoms with Gasteiger partial charge in [-0.3, -0.25) is 0 Å². The molecule has 0 fully saturated rings. The predicted octanol–water partition coefficient (Wildman–Crippen LogP) is 3.91. The number of nitrogens with zero attached hydrogens (tertiary/aromatic N) is 1. The molecule has 0 saturated heterocycles. The standard InChI is InChI=1S/C12H17BrClNO2S/c1-5-12(2,3)15(4)18(16,17)11-7-6-9(13)8-10(11)14/h6-8H,5H2,1-4H3. The molecule has 1 aromatic rings. The van der Waals surface area contributed by atoms with Crippen LogP contribution in [0.25, 0.3) is 0 Å². The van der Waals surface area contributed by atoms with Crippen molar-refractivity contribution < 1.29 is 8.42 Å². The van der Waals surface area contributed by atoms with Crippen molar-refractivity contribution in [3.8, 4) is 0 Å². The zero-order valence-electron chi connectivity index (χ0n) is 10.9. The van der Waals surface area contributed by atoms with Crippen LogP contribution in [-0.4, -0.2) is 25.3 Å². The summed E-state index contributed by atoms with van der Waals surface area (Å²) in [5.74, 6) is 0. The van der Waals surface area contributed by atoms with Crippen molar-refractivity contribution in [2.24, 2.45) is 0 Å². The Morgan fingerprint density at radius 2 is 1.94 bits per heavy atom. The molecule has 0 aromatic heterocycles. The van der Waals surface area contributed by atoms with Crippen LogP contribution in [0, 0.1) is 0 Å². The molecule has 0 amide bonds. The molecule has 3 nitrogen and oxygen atoms in total. The van der Waals surface area contributed by atoms with E-state index in [1.807, 2.05) is 20.8 Å². The van der Waals surface area contributed by atoms with Crippen LogP contribution in [0.3, 0.4) is 0 Å². The maximum absolute atomic E-state index is 12.5. The number of sulfonamides is 1. The van der Waals surface area contributed by atoms with Gasteiger partial charge >= 0.3 is 0 Å². The molecule has 0 spiro atoms. The van der Waals surface area contributed by atoms with Crippen LogP contribution in [0.1, 0.15) is 27.2 Å². The zero-order chi connectivity index (χ0) is 14.1. The Kier molecular flexibility index (Phi) is 4.87. The summed E-state index contributed by atoms with van der Waals surface area (Å²) in [4.78, 5) is 0.136. The van der Waals surface area contributed by atoms with Crippen molar-refractivity contribution in [1.29, 1.82) is 0 Å².